The molecule has 1 rings (SSSR count). The first-order valence-corrected chi connectivity index (χ1v) is 6.96. The summed E-state index contributed by atoms with van der Waals surface area (Å²) in [5, 5.41) is 9.61. The molecule has 0 aliphatic heterocycles. The zero-order valence-electron chi connectivity index (χ0n) is 12.0. The maximum absolute atomic E-state index is 12.3. The molecule has 1 aromatic rings. The zero-order chi connectivity index (χ0) is 14.8. The fourth-order valence-corrected chi connectivity index (χ4v) is 2.19. The molecule has 0 heterocycles. The molecule has 0 aliphatic rings. The van der Waals surface area contributed by atoms with E-state index in [1.54, 1.807) is 6.92 Å². The maximum Gasteiger partial charge on any atom is 0.331 e. The van der Waals surface area contributed by atoms with Crippen molar-refractivity contribution in [2.45, 2.75) is 38.0 Å². The second-order valence-electron chi connectivity index (χ2n) is 4.64. The summed E-state index contributed by atoms with van der Waals surface area (Å²) in [7, 11) is 0. The maximum atomic E-state index is 12.3. The molecule has 0 radical (unpaired) electrons. The van der Waals surface area contributed by atoms with Crippen molar-refractivity contribution >= 4 is 5.97 Å². The number of benzene rings is 1. The normalized spacial score (nSPS) is 13.0. The summed E-state index contributed by atoms with van der Waals surface area (Å²) in [4.78, 5) is 12.3. The van der Waals surface area contributed by atoms with E-state index in [0.717, 1.165) is 19.3 Å². The Balaban J connectivity index is 3.01. The van der Waals surface area contributed by atoms with Crippen LogP contribution in [-0.2, 0) is 14.9 Å². The van der Waals surface area contributed by atoms with Crippen LogP contribution in [0.3, 0.4) is 0 Å². The van der Waals surface area contributed by atoms with Crippen LogP contribution < -0.4 is 0 Å². The third-order valence-electron chi connectivity index (χ3n) is 3.29. The average molecular weight is 271 g/mol. The van der Waals surface area contributed by atoms with Crippen molar-refractivity contribution < 1.29 is 9.53 Å². The van der Waals surface area contributed by atoms with Gasteiger partial charge in [0.2, 0.25) is 0 Å². The Bertz CT molecular complexity index is 476. The molecule has 0 amide bonds. The highest BCUT2D eigenvalue weighted by atomic mass is 16.5. The molecule has 0 spiro atoms. The molecule has 0 aromatic heterocycles. The molecule has 3 heteroatoms. The number of unbranched alkanes of at least 4 members (excludes halogenated alkanes) is 2. The molecule has 106 valence electrons. The van der Waals surface area contributed by atoms with Crippen LogP contribution in [0.5, 0.6) is 0 Å². The third-order valence-corrected chi connectivity index (χ3v) is 3.29. The summed E-state index contributed by atoms with van der Waals surface area (Å²) in [6.45, 7) is 5.71. The highest BCUT2D eigenvalue weighted by Gasteiger charge is 2.41. The van der Waals surface area contributed by atoms with E-state index < -0.39 is 11.4 Å². The molecule has 0 bridgehead atoms. The summed E-state index contributed by atoms with van der Waals surface area (Å²) in [5.41, 5.74) is -0.488. The second kappa shape index (κ2) is 8.16. The Morgan fingerprint density at radius 2 is 2.10 bits per heavy atom. The minimum absolute atomic E-state index is 0.280. The van der Waals surface area contributed by atoms with E-state index in [2.05, 4.69) is 12.6 Å². The minimum Gasteiger partial charge on any atom is -0.465 e. The number of hydrogen-bond acceptors (Lipinski definition) is 3. The van der Waals surface area contributed by atoms with Crippen molar-refractivity contribution in [2.24, 2.45) is 0 Å². The van der Waals surface area contributed by atoms with Crippen LogP contribution in [0.25, 0.3) is 0 Å². The predicted molar refractivity (Wildman–Crippen MR) is 79.0 cm³/mol. The van der Waals surface area contributed by atoms with Gasteiger partial charge in [-0.2, -0.15) is 5.26 Å². The van der Waals surface area contributed by atoms with Crippen LogP contribution in [0, 0.1) is 11.3 Å². The quantitative estimate of drug-likeness (QED) is 0.411. The zero-order valence-corrected chi connectivity index (χ0v) is 12.0. The summed E-state index contributed by atoms with van der Waals surface area (Å²) < 4.78 is 5.13. The monoisotopic (exact) mass is 271 g/mol. The second-order valence-corrected chi connectivity index (χ2v) is 4.64. The number of carbonyl (C=O) groups excluding carboxylic acids is 1. The molecule has 1 unspecified atom stereocenters. The number of allylic oxidation sites excluding steroid dienone is 1. The molecule has 0 aliphatic carbocycles. The number of hydrogen-bond donors (Lipinski definition) is 0. The standard InChI is InChI=1S/C17H21NO2/c1-3-5-6-10-13-17(14-18,16(19)20-4-2)15-11-8-7-9-12-15/h3,7-9,11-12H,1,4-6,10,13H2,2H3. The van der Waals surface area contributed by atoms with Gasteiger partial charge in [-0.05, 0) is 31.7 Å². The molecule has 0 fully saturated rings. The van der Waals surface area contributed by atoms with Crippen LogP contribution in [0.15, 0.2) is 43.0 Å². The topological polar surface area (TPSA) is 50.1 Å². The van der Waals surface area contributed by atoms with Crippen LogP contribution in [0.1, 0.15) is 38.2 Å². The Kier molecular flexibility index (Phi) is 6.52. The third kappa shape index (κ3) is 3.71. The van der Waals surface area contributed by atoms with Gasteiger partial charge in [0.25, 0.3) is 0 Å². The lowest BCUT2D eigenvalue weighted by Crippen LogP contribution is -2.36. The van der Waals surface area contributed by atoms with E-state index in [-0.39, 0.29) is 6.61 Å². The highest BCUT2D eigenvalue weighted by Crippen LogP contribution is 2.31. The van der Waals surface area contributed by atoms with Gasteiger partial charge in [-0.1, -0.05) is 42.8 Å². The van der Waals surface area contributed by atoms with Gasteiger partial charge in [0, 0.05) is 0 Å². The Morgan fingerprint density at radius 3 is 2.65 bits per heavy atom. The molecule has 20 heavy (non-hydrogen) atoms. The van der Waals surface area contributed by atoms with Gasteiger partial charge in [-0.3, -0.25) is 0 Å². The van der Waals surface area contributed by atoms with E-state index in [1.807, 2.05) is 36.4 Å². The number of ether oxygens (including phenoxy) is 1. The van der Waals surface area contributed by atoms with E-state index >= 15 is 0 Å². The highest BCUT2D eigenvalue weighted by molar-refractivity contribution is 5.86. The first-order chi connectivity index (χ1) is 9.71. The fraction of sp³-hybridized carbons (Fsp3) is 0.412. The molecule has 0 N–H and O–H groups in total. The van der Waals surface area contributed by atoms with Crippen molar-refractivity contribution in [3.05, 3.63) is 48.6 Å². The lowest BCUT2D eigenvalue weighted by atomic mass is 9.77. The number of esters is 1. The molecule has 3 nitrogen and oxygen atoms in total. The number of nitriles is 1. The van der Waals surface area contributed by atoms with Crippen molar-refractivity contribution in [1.29, 1.82) is 5.26 Å². The summed E-state index contributed by atoms with van der Waals surface area (Å²) in [5.74, 6) is -0.452. The first-order valence-electron chi connectivity index (χ1n) is 6.96. The van der Waals surface area contributed by atoms with E-state index in [1.165, 1.54) is 0 Å². The lowest BCUT2D eigenvalue weighted by Gasteiger charge is -2.24. The summed E-state index contributed by atoms with van der Waals surface area (Å²) >= 11 is 0. The first kappa shape index (κ1) is 16.0. The number of carbonyl (C=O) groups is 1. The minimum atomic E-state index is -1.20. The van der Waals surface area contributed by atoms with Crippen LogP contribution >= 0.6 is 0 Å². The van der Waals surface area contributed by atoms with Crippen LogP contribution in [0.4, 0.5) is 0 Å². The van der Waals surface area contributed by atoms with Gasteiger partial charge in [-0.25, -0.2) is 4.79 Å². The van der Waals surface area contributed by atoms with Gasteiger partial charge >= 0.3 is 5.97 Å². The molecule has 0 saturated carbocycles. The fourth-order valence-electron chi connectivity index (χ4n) is 2.19. The van der Waals surface area contributed by atoms with E-state index in [9.17, 15) is 10.1 Å². The van der Waals surface area contributed by atoms with Gasteiger partial charge < -0.3 is 4.74 Å². The molecular formula is C17H21NO2. The Morgan fingerprint density at radius 1 is 1.40 bits per heavy atom. The van der Waals surface area contributed by atoms with Crippen molar-refractivity contribution in [3.8, 4) is 6.07 Å². The van der Waals surface area contributed by atoms with E-state index in [4.69, 9.17) is 4.74 Å². The molecular weight excluding hydrogens is 250 g/mol. The van der Waals surface area contributed by atoms with Gasteiger partial charge in [-0.15, -0.1) is 6.58 Å². The van der Waals surface area contributed by atoms with Gasteiger partial charge in [0.15, 0.2) is 5.41 Å². The smallest absolute Gasteiger partial charge is 0.331 e. The van der Waals surface area contributed by atoms with Crippen LogP contribution in [-0.4, -0.2) is 12.6 Å². The number of nitrogens with zero attached hydrogens (tertiary/aromatic N) is 1. The predicted octanol–water partition coefficient (Wildman–Crippen LogP) is 3.76. The van der Waals surface area contributed by atoms with Crippen molar-refractivity contribution in [1.82, 2.24) is 0 Å². The summed E-state index contributed by atoms with van der Waals surface area (Å²) in [6, 6.07) is 11.4. The van der Waals surface area contributed by atoms with Crippen molar-refractivity contribution in [3.63, 3.8) is 0 Å². The largest absolute Gasteiger partial charge is 0.465 e. The summed E-state index contributed by atoms with van der Waals surface area (Å²) in [6.07, 6.45) is 4.91. The average Bonchev–Trinajstić information content (AvgIpc) is 2.49. The molecule has 1 atom stereocenters. The van der Waals surface area contributed by atoms with Crippen LogP contribution in [0.2, 0.25) is 0 Å². The number of rotatable bonds is 8. The van der Waals surface area contributed by atoms with E-state index in [0.29, 0.717) is 12.0 Å². The SMILES string of the molecule is C=CCCCCC(C#N)(C(=O)OCC)c1ccccc1. The van der Waals surface area contributed by atoms with Gasteiger partial charge in [0.05, 0.1) is 12.7 Å². The lowest BCUT2D eigenvalue weighted by molar-refractivity contribution is -0.148. The molecule has 0 saturated heterocycles. The van der Waals surface area contributed by atoms with Crippen molar-refractivity contribution in [2.75, 3.05) is 6.61 Å². The Labute approximate surface area is 120 Å². The van der Waals surface area contributed by atoms with Gasteiger partial charge in [0.1, 0.15) is 0 Å². The Hall–Kier alpha value is -2.08. The molecule has 1 aromatic carbocycles.